The molecule has 5 unspecified atom stereocenters. The zero-order valence-corrected chi connectivity index (χ0v) is 29.1. The van der Waals surface area contributed by atoms with Gasteiger partial charge in [0.25, 0.3) is 0 Å². The van der Waals surface area contributed by atoms with Gasteiger partial charge < -0.3 is 44.1 Å². The normalized spacial score (nSPS) is 50.0. The molecule has 11 heteroatoms. The summed E-state index contributed by atoms with van der Waals surface area (Å²) in [5.74, 6) is -3.16. The maximum Gasteiger partial charge on any atom is 0.311 e. The fourth-order valence-electron chi connectivity index (χ4n) is 9.91. The van der Waals surface area contributed by atoms with Crippen LogP contribution in [0.15, 0.2) is 24.3 Å². The topological polar surface area (TPSA) is 144 Å². The number of benzene rings is 1. The summed E-state index contributed by atoms with van der Waals surface area (Å²) in [4.78, 5) is 12.0. The number of rotatable bonds is 3. The number of aliphatic hydroxyl groups is 4. The standard InChI is InChI=1S/C22H31FO5.C15H24O5/c1-13-4-9-18-14(2)19(26-12-15-5-7-16(23)8-6-15)27-20-22(18,25)17(13)10-11-21(3,24)28-20;1-8-4-5-11-9(2)12(16)19-13-15(11,18)10(8)6-7-14(3,17)20-13/h5-8,13-14,17-20,24-25H,4,9-12H2,1-3H3;8-11,13,17-18H,4-7H2,1-3H3/t13-,14-,17?,18?,19?,20-,21-,22-;8-,9-,10?,11?,13-,14-,15-/m11/s1. The molecule has 4 aliphatic heterocycles. The van der Waals surface area contributed by atoms with E-state index in [2.05, 4.69) is 13.8 Å². The van der Waals surface area contributed by atoms with E-state index < -0.39 is 41.6 Å². The van der Waals surface area contributed by atoms with Crippen molar-refractivity contribution in [3.8, 4) is 0 Å². The maximum atomic E-state index is 13.1. The average molecular weight is 679 g/mol. The van der Waals surface area contributed by atoms with Crippen molar-refractivity contribution in [3.63, 3.8) is 0 Å². The summed E-state index contributed by atoms with van der Waals surface area (Å²) in [5.41, 5.74) is -1.46. The first-order valence-corrected chi connectivity index (χ1v) is 17.9. The Kier molecular flexibility index (Phi) is 9.87. The minimum Gasteiger partial charge on any atom is -0.432 e. The summed E-state index contributed by atoms with van der Waals surface area (Å²) in [6.45, 7) is 11.6. The summed E-state index contributed by atoms with van der Waals surface area (Å²) >= 11 is 0. The van der Waals surface area contributed by atoms with Crippen LogP contribution in [-0.4, -0.2) is 68.0 Å². The van der Waals surface area contributed by atoms with E-state index in [0.717, 1.165) is 31.2 Å². The predicted octanol–water partition coefficient (Wildman–Crippen LogP) is 4.99. The third-order valence-electron chi connectivity index (χ3n) is 12.8. The van der Waals surface area contributed by atoms with Gasteiger partial charge in [-0.3, -0.25) is 4.79 Å². The molecule has 270 valence electrons. The minimum absolute atomic E-state index is 0.00391. The molecular formula is C37H55FO10. The Morgan fingerprint density at radius 1 is 0.750 bits per heavy atom. The first kappa shape index (κ1) is 36.1. The Hall–Kier alpha value is -1.70. The van der Waals surface area contributed by atoms with Gasteiger partial charge in [-0.1, -0.05) is 39.8 Å². The highest BCUT2D eigenvalue weighted by molar-refractivity contribution is 5.74. The van der Waals surface area contributed by atoms with E-state index in [-0.39, 0.29) is 53.9 Å². The molecule has 0 amide bonds. The summed E-state index contributed by atoms with van der Waals surface area (Å²) < 4.78 is 42.1. The van der Waals surface area contributed by atoms with Crippen molar-refractivity contribution >= 4 is 5.97 Å². The lowest BCUT2D eigenvalue weighted by Crippen LogP contribution is -2.67. The Balaban J connectivity index is 0.000000177. The minimum atomic E-state index is -1.36. The summed E-state index contributed by atoms with van der Waals surface area (Å²) in [6.07, 6.45) is 3.43. The summed E-state index contributed by atoms with van der Waals surface area (Å²) in [7, 11) is 0. The van der Waals surface area contributed by atoms with Crippen LogP contribution in [0.1, 0.15) is 98.5 Å². The summed E-state index contributed by atoms with van der Waals surface area (Å²) in [6, 6.07) is 6.18. The van der Waals surface area contributed by atoms with Crippen molar-refractivity contribution in [3.05, 3.63) is 35.6 Å². The van der Waals surface area contributed by atoms with Crippen LogP contribution >= 0.6 is 0 Å². The van der Waals surface area contributed by atoms with Crippen LogP contribution in [0.4, 0.5) is 4.39 Å². The highest BCUT2D eigenvalue weighted by Gasteiger charge is 2.65. The number of hydrogen-bond donors (Lipinski definition) is 4. The molecule has 7 rings (SSSR count). The molecule has 2 saturated carbocycles. The fourth-order valence-corrected chi connectivity index (χ4v) is 9.91. The molecule has 2 aliphatic carbocycles. The van der Waals surface area contributed by atoms with Gasteiger partial charge in [0.2, 0.25) is 6.29 Å². The van der Waals surface area contributed by atoms with Crippen LogP contribution in [0, 0.1) is 53.2 Å². The number of halogens is 1. The number of ether oxygens (including phenoxy) is 5. The Bertz CT molecular complexity index is 1310. The Morgan fingerprint density at radius 3 is 1.85 bits per heavy atom. The molecule has 0 spiro atoms. The van der Waals surface area contributed by atoms with Crippen LogP contribution < -0.4 is 0 Å². The molecule has 6 fully saturated rings. The van der Waals surface area contributed by atoms with Gasteiger partial charge in [0.1, 0.15) is 17.0 Å². The van der Waals surface area contributed by atoms with Gasteiger partial charge in [0.15, 0.2) is 24.2 Å². The van der Waals surface area contributed by atoms with E-state index in [4.69, 9.17) is 23.7 Å². The number of esters is 1. The van der Waals surface area contributed by atoms with Crippen LogP contribution in [0.3, 0.4) is 0 Å². The smallest absolute Gasteiger partial charge is 0.311 e. The lowest BCUT2D eigenvalue weighted by Gasteiger charge is -2.57. The number of carbonyl (C=O) groups is 1. The second kappa shape index (κ2) is 13.1. The van der Waals surface area contributed by atoms with Gasteiger partial charge in [-0.05, 0) is 93.7 Å². The lowest BCUT2D eigenvalue weighted by atomic mass is 9.58. The molecular weight excluding hydrogens is 623 g/mol. The van der Waals surface area contributed by atoms with Crippen LogP contribution in [0.25, 0.3) is 0 Å². The van der Waals surface area contributed by atoms with Gasteiger partial charge in [-0.2, -0.15) is 0 Å². The molecule has 4 heterocycles. The number of hydrogen-bond acceptors (Lipinski definition) is 10. The number of carbonyl (C=O) groups excluding carboxylic acids is 1. The zero-order valence-electron chi connectivity index (χ0n) is 29.1. The van der Waals surface area contributed by atoms with Crippen LogP contribution in [0.5, 0.6) is 0 Å². The van der Waals surface area contributed by atoms with Gasteiger partial charge in [0.05, 0.1) is 12.5 Å². The van der Waals surface area contributed by atoms with E-state index in [9.17, 15) is 29.6 Å². The Labute approximate surface area is 283 Å². The summed E-state index contributed by atoms with van der Waals surface area (Å²) in [5, 5.41) is 44.0. The first-order chi connectivity index (χ1) is 22.5. The Morgan fingerprint density at radius 2 is 1.27 bits per heavy atom. The molecule has 1 aromatic carbocycles. The lowest BCUT2D eigenvalue weighted by molar-refractivity contribution is -0.409. The first-order valence-electron chi connectivity index (χ1n) is 17.9. The van der Waals surface area contributed by atoms with Crippen LogP contribution in [-0.2, 0) is 35.1 Å². The third-order valence-corrected chi connectivity index (χ3v) is 12.8. The third kappa shape index (κ3) is 6.47. The second-order valence-corrected chi connectivity index (χ2v) is 16.2. The SMILES string of the molecule is C[C@@H]1CCC2[C@@H](C)C(=O)O[C@@H]3O[C@@](C)(O)CCC1[C@@]23O.C[C@H]1C(OCc2ccc(F)cc2)O[C@@H]2O[C@@](C)(O)CCC3[C@H](C)CCC1[C@]32O. The highest BCUT2D eigenvalue weighted by atomic mass is 19.1. The van der Waals surface area contributed by atoms with Crippen molar-refractivity contribution in [2.45, 2.75) is 141 Å². The van der Waals surface area contributed by atoms with E-state index in [1.165, 1.54) is 12.1 Å². The molecule has 0 bridgehead atoms. The molecule has 6 aliphatic rings. The quantitative estimate of drug-likeness (QED) is 0.323. The van der Waals surface area contributed by atoms with Gasteiger partial charge in [-0.15, -0.1) is 0 Å². The highest BCUT2D eigenvalue weighted by Crippen LogP contribution is 2.57. The molecule has 0 radical (unpaired) electrons. The van der Waals surface area contributed by atoms with Crippen molar-refractivity contribution in [2.75, 3.05) is 0 Å². The van der Waals surface area contributed by atoms with Crippen molar-refractivity contribution in [2.24, 2.45) is 47.3 Å². The molecule has 4 saturated heterocycles. The van der Waals surface area contributed by atoms with E-state index >= 15 is 0 Å². The van der Waals surface area contributed by atoms with Gasteiger partial charge in [0, 0.05) is 30.6 Å². The van der Waals surface area contributed by atoms with E-state index in [0.29, 0.717) is 37.5 Å². The molecule has 15 atom stereocenters. The largest absolute Gasteiger partial charge is 0.432 e. The van der Waals surface area contributed by atoms with Crippen molar-refractivity contribution in [1.29, 1.82) is 0 Å². The van der Waals surface area contributed by atoms with E-state index in [1.54, 1.807) is 26.0 Å². The fraction of sp³-hybridized carbons (Fsp3) is 0.811. The zero-order chi connectivity index (χ0) is 34.8. The molecule has 48 heavy (non-hydrogen) atoms. The molecule has 1 aromatic rings. The van der Waals surface area contributed by atoms with Crippen LogP contribution in [0.2, 0.25) is 0 Å². The molecule has 10 nitrogen and oxygen atoms in total. The maximum absolute atomic E-state index is 13.1. The van der Waals surface area contributed by atoms with Crippen molar-refractivity contribution < 1.29 is 53.3 Å². The van der Waals surface area contributed by atoms with Gasteiger partial charge in [-0.25, -0.2) is 4.39 Å². The van der Waals surface area contributed by atoms with E-state index in [1.807, 2.05) is 13.8 Å². The monoisotopic (exact) mass is 678 g/mol. The van der Waals surface area contributed by atoms with Gasteiger partial charge >= 0.3 is 5.97 Å². The average Bonchev–Trinajstić information content (AvgIpc) is 3.18. The second-order valence-electron chi connectivity index (χ2n) is 16.2. The predicted molar refractivity (Wildman–Crippen MR) is 171 cm³/mol. The molecule has 0 aromatic heterocycles. The molecule has 4 N–H and O–H groups in total. The van der Waals surface area contributed by atoms with Crippen molar-refractivity contribution in [1.82, 2.24) is 0 Å².